The third-order valence-corrected chi connectivity index (χ3v) is 6.29. The van der Waals surface area contributed by atoms with E-state index < -0.39 is 0 Å². The fraction of sp³-hybridized carbons (Fsp3) is 0.611. The highest BCUT2D eigenvalue weighted by Crippen LogP contribution is 2.58. The summed E-state index contributed by atoms with van der Waals surface area (Å²) in [5.41, 5.74) is 1.27. The third kappa shape index (κ3) is 2.23. The minimum absolute atomic E-state index is 0.144. The summed E-state index contributed by atoms with van der Waals surface area (Å²) in [4.78, 5) is 14.6. The van der Waals surface area contributed by atoms with E-state index in [1.165, 1.54) is 12.8 Å². The van der Waals surface area contributed by atoms with Crippen LogP contribution in [-0.4, -0.2) is 29.0 Å². The van der Waals surface area contributed by atoms with Crippen molar-refractivity contribution in [2.24, 2.45) is 16.7 Å². The van der Waals surface area contributed by atoms with E-state index in [0.29, 0.717) is 17.8 Å². The average molecular weight is 287 g/mol. The van der Waals surface area contributed by atoms with Gasteiger partial charge in [0.1, 0.15) is 5.75 Å². The van der Waals surface area contributed by atoms with Gasteiger partial charge < -0.3 is 10.0 Å². The number of hydrogen-bond acceptors (Lipinski definition) is 2. The lowest BCUT2D eigenvalue weighted by molar-refractivity contribution is -0.138. The summed E-state index contributed by atoms with van der Waals surface area (Å²) in [6.45, 7) is 8.76. The van der Waals surface area contributed by atoms with Gasteiger partial charge in [-0.05, 0) is 35.7 Å². The first kappa shape index (κ1) is 14.4. The Morgan fingerprint density at radius 1 is 1.33 bits per heavy atom. The van der Waals surface area contributed by atoms with Crippen LogP contribution in [0.5, 0.6) is 5.75 Å². The van der Waals surface area contributed by atoms with E-state index in [0.717, 1.165) is 18.7 Å². The molecule has 114 valence electrons. The number of fused-ring (bicyclic) bond motifs is 2. The van der Waals surface area contributed by atoms with Crippen LogP contribution in [0, 0.1) is 16.7 Å². The van der Waals surface area contributed by atoms with Gasteiger partial charge in [0.05, 0.1) is 6.42 Å². The van der Waals surface area contributed by atoms with Crippen LogP contribution in [0.25, 0.3) is 0 Å². The van der Waals surface area contributed by atoms with Crippen LogP contribution >= 0.6 is 0 Å². The fourth-order valence-electron chi connectivity index (χ4n) is 4.15. The first-order chi connectivity index (χ1) is 9.83. The summed E-state index contributed by atoms with van der Waals surface area (Å²) in [6.07, 6.45) is 2.74. The van der Waals surface area contributed by atoms with E-state index in [9.17, 15) is 9.90 Å². The number of rotatable bonds is 2. The van der Waals surface area contributed by atoms with Crippen LogP contribution in [0.2, 0.25) is 0 Å². The normalized spacial score (nSPS) is 30.4. The number of aromatic hydroxyl groups is 1. The van der Waals surface area contributed by atoms with Gasteiger partial charge >= 0.3 is 0 Å². The van der Waals surface area contributed by atoms with E-state index in [2.05, 4.69) is 20.8 Å². The standard InChI is InChI=1S/C18H25NO2/c1-17(2)14-8-9-18(17,3)12-19(11-14)16(21)10-13-6-4-5-7-15(13)20/h4-7,14,20H,8-12H2,1-3H3/t14?,18-/m0/s1. The molecule has 1 aromatic carbocycles. The molecule has 1 amide bonds. The van der Waals surface area contributed by atoms with E-state index in [1.807, 2.05) is 17.0 Å². The minimum Gasteiger partial charge on any atom is -0.508 e. The summed E-state index contributed by atoms with van der Waals surface area (Å²) in [5, 5.41) is 9.84. The van der Waals surface area contributed by atoms with E-state index >= 15 is 0 Å². The number of para-hydroxylation sites is 1. The van der Waals surface area contributed by atoms with Gasteiger partial charge in [0, 0.05) is 18.7 Å². The zero-order valence-corrected chi connectivity index (χ0v) is 13.2. The van der Waals surface area contributed by atoms with Crippen LogP contribution < -0.4 is 0 Å². The summed E-state index contributed by atoms with van der Waals surface area (Å²) >= 11 is 0. The molecule has 1 aromatic rings. The number of carbonyl (C=O) groups excluding carboxylic acids is 1. The van der Waals surface area contributed by atoms with Crippen molar-refractivity contribution < 1.29 is 9.90 Å². The maximum Gasteiger partial charge on any atom is 0.227 e. The highest BCUT2D eigenvalue weighted by molar-refractivity contribution is 5.79. The topological polar surface area (TPSA) is 40.5 Å². The molecular formula is C18H25NO2. The number of hydrogen-bond donors (Lipinski definition) is 1. The van der Waals surface area contributed by atoms with Gasteiger partial charge in [0.15, 0.2) is 0 Å². The monoisotopic (exact) mass is 287 g/mol. The second-order valence-corrected chi connectivity index (χ2v) is 7.60. The predicted octanol–water partition coefficient (Wildman–Crippen LogP) is 3.22. The SMILES string of the molecule is CC1(C)C2CC[C@@]1(C)CN(C(=O)Cc1ccccc1O)C2. The molecule has 1 saturated carbocycles. The largest absolute Gasteiger partial charge is 0.508 e. The number of nitrogens with zero attached hydrogens (tertiary/aromatic N) is 1. The molecule has 1 saturated heterocycles. The summed E-state index contributed by atoms with van der Waals surface area (Å²) in [6, 6.07) is 7.13. The van der Waals surface area contributed by atoms with E-state index in [4.69, 9.17) is 0 Å². The van der Waals surface area contributed by atoms with Crippen molar-refractivity contribution in [2.45, 2.75) is 40.0 Å². The highest BCUT2D eigenvalue weighted by atomic mass is 16.3. The first-order valence-corrected chi connectivity index (χ1v) is 7.88. The van der Waals surface area contributed by atoms with Crippen molar-refractivity contribution in [3.05, 3.63) is 29.8 Å². The van der Waals surface area contributed by atoms with E-state index in [1.54, 1.807) is 12.1 Å². The lowest BCUT2D eigenvalue weighted by Crippen LogP contribution is -2.54. The molecule has 2 bridgehead atoms. The minimum atomic E-state index is 0.144. The number of likely N-dealkylation sites (tertiary alicyclic amines) is 1. The number of benzene rings is 1. The van der Waals surface area contributed by atoms with Crippen molar-refractivity contribution in [1.29, 1.82) is 0 Å². The number of carbonyl (C=O) groups is 1. The van der Waals surface area contributed by atoms with Crippen molar-refractivity contribution >= 4 is 5.91 Å². The molecule has 0 aromatic heterocycles. The lowest BCUT2D eigenvalue weighted by atomic mass is 9.63. The number of phenolic OH excluding ortho intramolecular Hbond substituents is 1. The third-order valence-electron chi connectivity index (χ3n) is 6.29. The molecule has 3 heteroatoms. The van der Waals surface area contributed by atoms with Crippen LogP contribution in [0.3, 0.4) is 0 Å². The summed E-state index contributed by atoms with van der Waals surface area (Å²) < 4.78 is 0. The molecule has 1 unspecified atom stereocenters. The number of amides is 1. The first-order valence-electron chi connectivity index (χ1n) is 7.88. The van der Waals surface area contributed by atoms with Crippen molar-refractivity contribution in [2.75, 3.05) is 13.1 Å². The Kier molecular flexibility index (Phi) is 3.27. The highest BCUT2D eigenvalue weighted by Gasteiger charge is 2.55. The molecule has 1 N–H and O–H groups in total. The van der Waals surface area contributed by atoms with Crippen LogP contribution in [0.15, 0.2) is 24.3 Å². The summed E-state index contributed by atoms with van der Waals surface area (Å²) in [5.74, 6) is 0.965. The van der Waals surface area contributed by atoms with Gasteiger partial charge in [-0.2, -0.15) is 0 Å². The Morgan fingerprint density at radius 3 is 2.71 bits per heavy atom. The van der Waals surface area contributed by atoms with Gasteiger partial charge in [-0.1, -0.05) is 39.0 Å². The van der Waals surface area contributed by atoms with Gasteiger partial charge in [-0.3, -0.25) is 4.79 Å². The fourth-order valence-corrected chi connectivity index (χ4v) is 4.15. The molecule has 21 heavy (non-hydrogen) atoms. The Morgan fingerprint density at radius 2 is 2.05 bits per heavy atom. The van der Waals surface area contributed by atoms with Crippen LogP contribution in [0.4, 0.5) is 0 Å². The average Bonchev–Trinajstić information content (AvgIpc) is 2.58. The van der Waals surface area contributed by atoms with Crippen molar-refractivity contribution in [3.8, 4) is 5.75 Å². The molecule has 2 aliphatic rings. The molecule has 3 nitrogen and oxygen atoms in total. The van der Waals surface area contributed by atoms with Gasteiger partial charge in [-0.25, -0.2) is 0 Å². The molecule has 2 fully saturated rings. The van der Waals surface area contributed by atoms with Crippen molar-refractivity contribution in [3.63, 3.8) is 0 Å². The van der Waals surface area contributed by atoms with Gasteiger partial charge in [0.25, 0.3) is 0 Å². The molecular weight excluding hydrogens is 262 g/mol. The van der Waals surface area contributed by atoms with Crippen LogP contribution in [0.1, 0.15) is 39.2 Å². The van der Waals surface area contributed by atoms with Crippen LogP contribution in [-0.2, 0) is 11.2 Å². The molecule has 3 rings (SSSR count). The van der Waals surface area contributed by atoms with Gasteiger partial charge in [0.2, 0.25) is 5.91 Å². The number of phenols is 1. The Bertz CT molecular complexity index is 566. The zero-order chi connectivity index (χ0) is 15.3. The molecule has 0 radical (unpaired) electrons. The lowest BCUT2D eigenvalue weighted by Gasteiger charge is -2.50. The second-order valence-electron chi connectivity index (χ2n) is 7.60. The van der Waals surface area contributed by atoms with E-state index in [-0.39, 0.29) is 17.1 Å². The zero-order valence-electron chi connectivity index (χ0n) is 13.2. The molecule has 1 aliphatic carbocycles. The Labute approximate surface area is 127 Å². The molecule has 1 aliphatic heterocycles. The quantitative estimate of drug-likeness (QED) is 0.907. The number of piperidine rings is 1. The smallest absolute Gasteiger partial charge is 0.227 e. The summed E-state index contributed by atoms with van der Waals surface area (Å²) in [7, 11) is 0. The maximum atomic E-state index is 12.6. The van der Waals surface area contributed by atoms with Gasteiger partial charge in [-0.15, -0.1) is 0 Å². The maximum absolute atomic E-state index is 12.6. The Hall–Kier alpha value is -1.51. The molecule has 2 atom stereocenters. The predicted molar refractivity (Wildman–Crippen MR) is 83.0 cm³/mol. The second kappa shape index (κ2) is 4.75. The molecule has 1 heterocycles. The Balaban J connectivity index is 1.75. The van der Waals surface area contributed by atoms with Crippen molar-refractivity contribution in [1.82, 2.24) is 4.90 Å². The molecule has 0 spiro atoms.